The lowest BCUT2D eigenvalue weighted by atomic mass is 9.85. The molecule has 0 N–H and O–H groups in total. The van der Waals surface area contributed by atoms with E-state index in [-0.39, 0.29) is 30.1 Å². The average molecular weight is 412 g/mol. The van der Waals surface area contributed by atoms with Gasteiger partial charge in [-0.15, -0.1) is 0 Å². The van der Waals surface area contributed by atoms with Crippen molar-refractivity contribution < 1.29 is 19.0 Å². The van der Waals surface area contributed by atoms with Gasteiger partial charge in [0, 0.05) is 27.0 Å². The van der Waals surface area contributed by atoms with Crippen molar-refractivity contribution in [2.75, 3.05) is 14.2 Å². The Labute approximate surface area is 179 Å². The van der Waals surface area contributed by atoms with Crippen LogP contribution in [0, 0.1) is 5.92 Å². The zero-order valence-electron chi connectivity index (χ0n) is 18.4. The summed E-state index contributed by atoms with van der Waals surface area (Å²) in [5, 5.41) is 0. The molecule has 5 heteroatoms. The number of aryl methyl sites for hydroxylation is 1. The number of rotatable bonds is 8. The van der Waals surface area contributed by atoms with Gasteiger partial charge in [-0.25, -0.2) is 0 Å². The van der Waals surface area contributed by atoms with Crippen LogP contribution in [0.1, 0.15) is 31.4 Å². The fourth-order valence-corrected chi connectivity index (χ4v) is 4.16. The molecule has 1 amide bonds. The summed E-state index contributed by atoms with van der Waals surface area (Å²) in [4.78, 5) is 13.9. The Balaban J connectivity index is 1.78. The number of ether oxygens (including phenoxy) is 3. The van der Waals surface area contributed by atoms with Gasteiger partial charge < -0.3 is 19.1 Å². The second kappa shape index (κ2) is 10.7. The first-order chi connectivity index (χ1) is 14.5. The number of likely N-dealkylation sites (N-methyl/N-ethyl adjacent to an activating group) is 1. The van der Waals surface area contributed by atoms with Crippen molar-refractivity contribution in [1.29, 1.82) is 0 Å². The molecule has 1 saturated heterocycles. The van der Waals surface area contributed by atoms with Crippen LogP contribution in [0.2, 0.25) is 0 Å². The predicted octanol–water partition coefficient (Wildman–Crippen LogP) is 4.06. The number of amides is 1. The number of benzene rings is 2. The first kappa shape index (κ1) is 22.5. The van der Waals surface area contributed by atoms with Crippen LogP contribution >= 0.6 is 0 Å². The van der Waals surface area contributed by atoms with Gasteiger partial charge in [0.05, 0.1) is 18.8 Å². The molecule has 0 aromatic heterocycles. The van der Waals surface area contributed by atoms with Crippen LogP contribution in [-0.4, -0.2) is 49.5 Å². The third kappa shape index (κ3) is 5.48. The smallest absolute Gasteiger partial charge is 0.219 e. The third-order valence-electron chi connectivity index (χ3n) is 6.05. The number of carbonyl (C=O) groups excluding carboxylic acids is 1. The quantitative estimate of drug-likeness (QED) is 0.657. The predicted molar refractivity (Wildman–Crippen MR) is 117 cm³/mol. The van der Waals surface area contributed by atoms with Crippen LogP contribution in [-0.2, 0) is 32.0 Å². The maximum Gasteiger partial charge on any atom is 0.219 e. The highest BCUT2D eigenvalue weighted by molar-refractivity contribution is 5.73. The second-order valence-electron chi connectivity index (χ2n) is 8.04. The summed E-state index contributed by atoms with van der Waals surface area (Å²) >= 11 is 0. The van der Waals surface area contributed by atoms with Crippen LogP contribution in [0.25, 0.3) is 0 Å². The number of methoxy groups -OCH3 is 1. The Bertz CT molecular complexity index is 782. The number of hydrogen-bond donors (Lipinski definition) is 0. The molecule has 30 heavy (non-hydrogen) atoms. The molecule has 1 heterocycles. The molecule has 0 aliphatic carbocycles. The second-order valence-corrected chi connectivity index (χ2v) is 8.04. The van der Waals surface area contributed by atoms with Gasteiger partial charge in [0.25, 0.3) is 0 Å². The lowest BCUT2D eigenvalue weighted by molar-refractivity contribution is -0.266. The van der Waals surface area contributed by atoms with Gasteiger partial charge in [-0.05, 0) is 24.0 Å². The first-order valence-electron chi connectivity index (χ1n) is 10.6. The first-order valence-corrected chi connectivity index (χ1v) is 10.6. The van der Waals surface area contributed by atoms with Crippen molar-refractivity contribution in [3.63, 3.8) is 0 Å². The van der Waals surface area contributed by atoms with E-state index in [1.165, 1.54) is 5.56 Å². The minimum absolute atomic E-state index is 0.0208. The zero-order valence-corrected chi connectivity index (χ0v) is 18.4. The highest BCUT2D eigenvalue weighted by Gasteiger charge is 2.47. The van der Waals surface area contributed by atoms with Gasteiger partial charge >= 0.3 is 0 Å². The van der Waals surface area contributed by atoms with Crippen molar-refractivity contribution in [3.8, 4) is 0 Å². The summed E-state index contributed by atoms with van der Waals surface area (Å²) in [5.74, 6) is 0.0736. The largest absolute Gasteiger partial charge is 0.371 e. The summed E-state index contributed by atoms with van der Waals surface area (Å²) in [6.07, 6.45) is 1.04. The van der Waals surface area contributed by atoms with E-state index in [9.17, 15) is 4.79 Å². The number of carbonyl (C=O) groups is 1. The van der Waals surface area contributed by atoms with Crippen molar-refractivity contribution >= 4 is 5.91 Å². The Hall–Kier alpha value is -2.21. The molecule has 2 aromatic carbocycles. The van der Waals surface area contributed by atoms with Gasteiger partial charge in [0.15, 0.2) is 6.29 Å². The lowest BCUT2D eigenvalue weighted by Crippen LogP contribution is -2.62. The van der Waals surface area contributed by atoms with Crippen LogP contribution in [0.5, 0.6) is 0 Å². The Morgan fingerprint density at radius 3 is 2.20 bits per heavy atom. The minimum atomic E-state index is -0.531. The van der Waals surface area contributed by atoms with Crippen molar-refractivity contribution in [1.82, 2.24) is 4.90 Å². The van der Waals surface area contributed by atoms with E-state index >= 15 is 0 Å². The van der Waals surface area contributed by atoms with Gasteiger partial charge in [-0.2, -0.15) is 0 Å². The standard InChI is InChI=1S/C25H33NO4/c1-18-22(16-15-20-11-7-5-8-12-20)30-25(28-4)23(26(3)19(2)27)24(18)29-17-21-13-9-6-10-14-21/h5-14,18,22-25H,15-17H2,1-4H3/t18-,22+,23-,24-,25+/m0/s1. The summed E-state index contributed by atoms with van der Waals surface area (Å²) < 4.78 is 18.5. The number of hydrogen-bond acceptors (Lipinski definition) is 4. The Morgan fingerprint density at radius 2 is 1.63 bits per heavy atom. The molecule has 5 nitrogen and oxygen atoms in total. The van der Waals surface area contributed by atoms with Crippen LogP contribution in [0.3, 0.4) is 0 Å². The van der Waals surface area contributed by atoms with Crippen LogP contribution in [0.15, 0.2) is 60.7 Å². The Morgan fingerprint density at radius 1 is 1.03 bits per heavy atom. The highest BCUT2D eigenvalue weighted by Crippen LogP contribution is 2.34. The SMILES string of the molecule is CO[C@@H]1O[C@H](CCc2ccccc2)[C@H](C)[C@H](OCc2ccccc2)[C@@H]1N(C)C(C)=O. The molecule has 2 aromatic rings. The molecule has 0 radical (unpaired) electrons. The summed E-state index contributed by atoms with van der Waals surface area (Å²) in [6.45, 7) is 4.20. The molecular weight excluding hydrogens is 378 g/mol. The fraction of sp³-hybridized carbons (Fsp3) is 0.480. The third-order valence-corrected chi connectivity index (χ3v) is 6.05. The van der Waals surface area contributed by atoms with Crippen molar-refractivity contribution in [2.24, 2.45) is 5.92 Å². The molecular formula is C25H33NO4. The monoisotopic (exact) mass is 411 g/mol. The van der Waals surface area contributed by atoms with Crippen molar-refractivity contribution in [2.45, 2.75) is 57.8 Å². The molecule has 162 valence electrons. The maximum atomic E-state index is 12.2. The summed E-state index contributed by atoms with van der Waals surface area (Å²) in [6, 6.07) is 20.2. The normalized spacial score (nSPS) is 26.3. The van der Waals surface area contributed by atoms with Crippen LogP contribution in [0.4, 0.5) is 0 Å². The molecule has 0 saturated carbocycles. The fourth-order valence-electron chi connectivity index (χ4n) is 4.16. The number of nitrogens with zero attached hydrogens (tertiary/aromatic N) is 1. The van der Waals surface area contributed by atoms with E-state index in [4.69, 9.17) is 14.2 Å². The molecule has 5 atom stereocenters. The molecule has 1 aliphatic rings. The van der Waals surface area contributed by atoms with Gasteiger partial charge in [-0.3, -0.25) is 4.79 Å². The van der Waals surface area contributed by atoms with E-state index in [0.717, 1.165) is 18.4 Å². The van der Waals surface area contributed by atoms with E-state index in [1.54, 1.807) is 26.0 Å². The molecule has 0 bridgehead atoms. The van der Waals surface area contributed by atoms with Crippen LogP contribution < -0.4 is 0 Å². The highest BCUT2D eigenvalue weighted by atomic mass is 16.7. The molecule has 3 rings (SSSR count). The average Bonchev–Trinajstić information content (AvgIpc) is 2.78. The topological polar surface area (TPSA) is 48.0 Å². The van der Waals surface area contributed by atoms with E-state index in [1.807, 2.05) is 36.4 Å². The molecule has 0 unspecified atom stereocenters. The zero-order chi connectivity index (χ0) is 21.5. The maximum absolute atomic E-state index is 12.2. The molecule has 1 fully saturated rings. The summed E-state index contributed by atoms with van der Waals surface area (Å²) in [7, 11) is 3.42. The van der Waals surface area contributed by atoms with Gasteiger partial charge in [0.1, 0.15) is 6.04 Å². The van der Waals surface area contributed by atoms with Crippen molar-refractivity contribution in [3.05, 3.63) is 71.8 Å². The van der Waals surface area contributed by atoms with E-state index < -0.39 is 6.29 Å². The summed E-state index contributed by atoms with van der Waals surface area (Å²) in [5.41, 5.74) is 2.39. The van der Waals surface area contributed by atoms with E-state index in [2.05, 4.69) is 31.2 Å². The van der Waals surface area contributed by atoms with Gasteiger partial charge in [-0.1, -0.05) is 67.6 Å². The minimum Gasteiger partial charge on any atom is -0.371 e. The van der Waals surface area contributed by atoms with E-state index in [0.29, 0.717) is 6.61 Å². The lowest BCUT2D eigenvalue weighted by Gasteiger charge is -2.48. The van der Waals surface area contributed by atoms with Gasteiger partial charge in [0.2, 0.25) is 5.91 Å². The Kier molecular flexibility index (Phi) is 8.02. The molecule has 0 spiro atoms. The molecule has 1 aliphatic heterocycles.